The largest absolute Gasteiger partial charge is 0.481 e. The maximum atomic E-state index is 12.3. The van der Waals surface area contributed by atoms with E-state index in [1.54, 1.807) is 18.7 Å². The summed E-state index contributed by atoms with van der Waals surface area (Å²) in [6.07, 6.45) is 2.62. The molecule has 0 aromatic heterocycles. The van der Waals surface area contributed by atoms with Crippen molar-refractivity contribution < 1.29 is 19.4 Å². The standard InChI is InChI=1S/C15H26N2O4/c1-11(12(2)15(19)20)14(18)17-7-5-16(6-8-17)10-13-4-3-9-21-13/h11-13H,3-10H2,1-2H3,(H,19,20). The Kier molecular flexibility index (Phi) is 5.58. The molecular formula is C15H26N2O4. The van der Waals surface area contributed by atoms with Gasteiger partial charge >= 0.3 is 5.97 Å². The van der Waals surface area contributed by atoms with Gasteiger partial charge in [-0.25, -0.2) is 0 Å². The van der Waals surface area contributed by atoms with Crippen LogP contribution in [0.25, 0.3) is 0 Å². The predicted molar refractivity (Wildman–Crippen MR) is 78.0 cm³/mol. The maximum absolute atomic E-state index is 12.3. The minimum Gasteiger partial charge on any atom is -0.481 e. The molecule has 0 spiro atoms. The van der Waals surface area contributed by atoms with Crippen LogP contribution in [-0.2, 0) is 14.3 Å². The monoisotopic (exact) mass is 298 g/mol. The topological polar surface area (TPSA) is 70.1 Å². The second-order valence-electron chi connectivity index (χ2n) is 6.18. The van der Waals surface area contributed by atoms with Crippen LogP contribution < -0.4 is 0 Å². The van der Waals surface area contributed by atoms with Crippen LogP contribution in [0.5, 0.6) is 0 Å². The van der Waals surface area contributed by atoms with Gasteiger partial charge in [0.1, 0.15) is 0 Å². The summed E-state index contributed by atoms with van der Waals surface area (Å²) in [5, 5.41) is 9.01. The van der Waals surface area contributed by atoms with Crippen molar-refractivity contribution in [2.45, 2.75) is 32.8 Å². The van der Waals surface area contributed by atoms with Gasteiger partial charge in [0.25, 0.3) is 0 Å². The van der Waals surface area contributed by atoms with Crippen molar-refractivity contribution in [3.63, 3.8) is 0 Å². The minimum atomic E-state index is -0.909. The summed E-state index contributed by atoms with van der Waals surface area (Å²) < 4.78 is 5.64. The molecule has 2 aliphatic rings. The van der Waals surface area contributed by atoms with E-state index in [0.29, 0.717) is 19.2 Å². The van der Waals surface area contributed by atoms with E-state index in [4.69, 9.17) is 9.84 Å². The van der Waals surface area contributed by atoms with Crippen LogP contribution in [0.2, 0.25) is 0 Å². The Bertz CT molecular complexity index is 374. The van der Waals surface area contributed by atoms with Crippen molar-refractivity contribution in [3.05, 3.63) is 0 Å². The zero-order valence-electron chi connectivity index (χ0n) is 13.0. The lowest BCUT2D eigenvalue weighted by atomic mass is 9.94. The van der Waals surface area contributed by atoms with Crippen LogP contribution in [-0.4, -0.2) is 72.2 Å². The van der Waals surface area contributed by atoms with E-state index in [-0.39, 0.29) is 5.91 Å². The van der Waals surface area contributed by atoms with Crippen LogP contribution in [0.15, 0.2) is 0 Å². The molecule has 2 fully saturated rings. The fourth-order valence-electron chi connectivity index (χ4n) is 2.94. The Morgan fingerprint density at radius 2 is 1.86 bits per heavy atom. The highest BCUT2D eigenvalue weighted by atomic mass is 16.5. The second kappa shape index (κ2) is 7.22. The molecule has 0 aromatic carbocycles. The number of amides is 1. The van der Waals surface area contributed by atoms with Crippen molar-refractivity contribution in [2.24, 2.45) is 11.8 Å². The molecule has 0 radical (unpaired) electrons. The van der Waals surface area contributed by atoms with E-state index in [9.17, 15) is 9.59 Å². The van der Waals surface area contributed by atoms with E-state index in [1.807, 2.05) is 0 Å². The number of carbonyl (C=O) groups is 2. The van der Waals surface area contributed by atoms with Crippen molar-refractivity contribution in [2.75, 3.05) is 39.3 Å². The lowest BCUT2D eigenvalue weighted by molar-refractivity contribution is -0.149. The fourth-order valence-corrected chi connectivity index (χ4v) is 2.94. The molecule has 0 saturated carbocycles. The van der Waals surface area contributed by atoms with E-state index < -0.39 is 17.8 Å². The number of rotatable bonds is 5. The molecule has 0 bridgehead atoms. The second-order valence-corrected chi connectivity index (χ2v) is 6.18. The number of hydrogen-bond acceptors (Lipinski definition) is 4. The smallest absolute Gasteiger partial charge is 0.307 e. The molecule has 1 N–H and O–H groups in total. The first kappa shape index (κ1) is 16.2. The van der Waals surface area contributed by atoms with Gasteiger partial charge in [-0.15, -0.1) is 0 Å². The number of aliphatic carboxylic acids is 1. The van der Waals surface area contributed by atoms with Crippen LogP contribution in [0, 0.1) is 11.8 Å². The number of ether oxygens (including phenoxy) is 1. The summed E-state index contributed by atoms with van der Waals surface area (Å²) in [5.74, 6) is -2.05. The molecule has 2 saturated heterocycles. The van der Waals surface area contributed by atoms with E-state index in [2.05, 4.69) is 4.90 Å². The Balaban J connectivity index is 1.77. The van der Waals surface area contributed by atoms with E-state index in [1.165, 1.54) is 0 Å². The van der Waals surface area contributed by atoms with Gasteiger partial charge in [-0.05, 0) is 12.8 Å². The normalized spacial score (nSPS) is 26.6. The highest BCUT2D eigenvalue weighted by Crippen LogP contribution is 2.18. The molecule has 0 aromatic rings. The summed E-state index contributed by atoms with van der Waals surface area (Å²) in [4.78, 5) is 27.4. The maximum Gasteiger partial charge on any atom is 0.307 e. The van der Waals surface area contributed by atoms with Crippen molar-refractivity contribution >= 4 is 11.9 Å². The number of hydrogen-bond donors (Lipinski definition) is 1. The Labute approximate surface area is 126 Å². The number of piperazine rings is 1. The minimum absolute atomic E-state index is 0.0401. The van der Waals surface area contributed by atoms with Gasteiger partial charge in [-0.2, -0.15) is 0 Å². The lowest BCUT2D eigenvalue weighted by Crippen LogP contribution is -2.52. The van der Waals surface area contributed by atoms with Gasteiger partial charge in [-0.3, -0.25) is 14.5 Å². The van der Waals surface area contributed by atoms with Crippen molar-refractivity contribution in [3.8, 4) is 0 Å². The lowest BCUT2D eigenvalue weighted by Gasteiger charge is -2.37. The molecule has 2 aliphatic heterocycles. The molecule has 120 valence electrons. The van der Waals surface area contributed by atoms with Gasteiger partial charge in [0.05, 0.1) is 12.0 Å². The SMILES string of the molecule is CC(C(=O)O)C(C)C(=O)N1CCN(CC2CCCO2)CC1. The molecule has 6 heteroatoms. The average Bonchev–Trinajstić information content (AvgIpc) is 2.98. The fraction of sp³-hybridized carbons (Fsp3) is 0.867. The molecule has 0 aliphatic carbocycles. The van der Waals surface area contributed by atoms with Crippen LogP contribution >= 0.6 is 0 Å². The van der Waals surface area contributed by atoms with Crippen molar-refractivity contribution in [1.29, 1.82) is 0 Å². The summed E-state index contributed by atoms with van der Waals surface area (Å²) in [6.45, 7) is 8.18. The number of carboxylic acids is 1. The zero-order chi connectivity index (χ0) is 15.4. The van der Waals surface area contributed by atoms with Crippen LogP contribution in [0.1, 0.15) is 26.7 Å². The summed E-state index contributed by atoms with van der Waals surface area (Å²) in [5.41, 5.74) is 0. The quantitative estimate of drug-likeness (QED) is 0.808. The van der Waals surface area contributed by atoms with Gasteiger partial charge in [0, 0.05) is 45.2 Å². The number of carboxylic acid groups (broad SMARTS) is 1. The highest BCUT2D eigenvalue weighted by molar-refractivity contribution is 5.84. The third kappa shape index (κ3) is 4.17. The Morgan fingerprint density at radius 3 is 2.38 bits per heavy atom. The molecular weight excluding hydrogens is 272 g/mol. The zero-order valence-corrected chi connectivity index (χ0v) is 13.0. The Morgan fingerprint density at radius 1 is 1.19 bits per heavy atom. The van der Waals surface area contributed by atoms with Gasteiger partial charge in [0.2, 0.25) is 5.91 Å². The molecule has 3 atom stereocenters. The van der Waals surface area contributed by atoms with Crippen LogP contribution in [0.4, 0.5) is 0 Å². The van der Waals surface area contributed by atoms with Crippen LogP contribution in [0.3, 0.4) is 0 Å². The molecule has 1 amide bonds. The summed E-state index contributed by atoms with van der Waals surface area (Å²) in [6, 6.07) is 0. The number of nitrogens with zero attached hydrogens (tertiary/aromatic N) is 2. The molecule has 3 unspecified atom stereocenters. The van der Waals surface area contributed by atoms with Gasteiger partial charge in [-0.1, -0.05) is 13.8 Å². The van der Waals surface area contributed by atoms with E-state index >= 15 is 0 Å². The van der Waals surface area contributed by atoms with Crippen molar-refractivity contribution in [1.82, 2.24) is 9.80 Å². The Hall–Kier alpha value is -1.14. The first-order valence-electron chi connectivity index (χ1n) is 7.84. The molecule has 21 heavy (non-hydrogen) atoms. The summed E-state index contributed by atoms with van der Waals surface area (Å²) in [7, 11) is 0. The first-order chi connectivity index (χ1) is 9.99. The van der Waals surface area contributed by atoms with Gasteiger partial charge < -0.3 is 14.7 Å². The average molecular weight is 298 g/mol. The third-order valence-electron chi connectivity index (χ3n) is 4.70. The van der Waals surface area contributed by atoms with Gasteiger partial charge in [0.15, 0.2) is 0 Å². The highest BCUT2D eigenvalue weighted by Gasteiger charge is 2.31. The predicted octanol–water partition coefficient (Wildman–Crippen LogP) is 0.666. The number of carbonyl (C=O) groups excluding carboxylic acids is 1. The molecule has 6 nitrogen and oxygen atoms in total. The summed E-state index contributed by atoms with van der Waals surface area (Å²) >= 11 is 0. The first-order valence-corrected chi connectivity index (χ1v) is 7.84. The molecule has 2 heterocycles. The third-order valence-corrected chi connectivity index (χ3v) is 4.70. The van der Waals surface area contributed by atoms with E-state index in [0.717, 1.165) is 39.1 Å². The molecule has 2 rings (SSSR count).